The molecule has 0 aliphatic carbocycles. The zero-order valence-electron chi connectivity index (χ0n) is 11.1. The van der Waals surface area contributed by atoms with Crippen LogP contribution in [0.1, 0.15) is 19.8 Å². The molecule has 1 fully saturated rings. The molecule has 0 bridgehead atoms. The van der Waals surface area contributed by atoms with E-state index in [2.05, 4.69) is 21.5 Å². The van der Waals surface area contributed by atoms with Crippen LogP contribution in [0, 0.1) is 0 Å². The van der Waals surface area contributed by atoms with E-state index in [-0.39, 0.29) is 16.2 Å². The number of hydrogen-bond donors (Lipinski definition) is 1. The Balaban J connectivity index is 2.04. The zero-order chi connectivity index (χ0) is 14.0. The van der Waals surface area contributed by atoms with Crippen LogP contribution < -0.4 is 4.72 Å². The summed E-state index contributed by atoms with van der Waals surface area (Å²) in [7, 11) is -1.97. The summed E-state index contributed by atoms with van der Waals surface area (Å²) in [6.07, 6.45) is 3.03. The number of aromatic nitrogens is 2. The standard InChI is InChI=1S/C11H19ClN4O2S/c1-3-16-6-4-9(5-7-16)14-19(17,18)11-10(12)15(2)8-13-11/h8-9,14H,3-7H2,1-2H3. The van der Waals surface area contributed by atoms with Gasteiger partial charge in [-0.25, -0.2) is 18.1 Å². The van der Waals surface area contributed by atoms with Crippen LogP contribution in [0.3, 0.4) is 0 Å². The highest BCUT2D eigenvalue weighted by molar-refractivity contribution is 7.89. The second kappa shape index (κ2) is 5.78. The van der Waals surface area contributed by atoms with Crippen molar-refractivity contribution in [3.05, 3.63) is 11.5 Å². The van der Waals surface area contributed by atoms with Gasteiger partial charge < -0.3 is 9.47 Å². The molecule has 1 N–H and O–H groups in total. The molecule has 1 aliphatic rings. The molecule has 0 spiro atoms. The van der Waals surface area contributed by atoms with E-state index in [1.807, 2.05) is 0 Å². The Labute approximate surface area is 118 Å². The molecule has 1 aromatic rings. The minimum absolute atomic E-state index is 0.0362. The maximum Gasteiger partial charge on any atom is 0.261 e. The van der Waals surface area contributed by atoms with Crippen LogP contribution >= 0.6 is 11.6 Å². The molecule has 19 heavy (non-hydrogen) atoms. The van der Waals surface area contributed by atoms with Gasteiger partial charge in [0.15, 0.2) is 0 Å². The monoisotopic (exact) mass is 306 g/mol. The van der Waals surface area contributed by atoms with Gasteiger partial charge in [0.1, 0.15) is 5.15 Å². The molecule has 108 valence electrons. The van der Waals surface area contributed by atoms with E-state index in [1.54, 1.807) is 7.05 Å². The molecular formula is C11H19ClN4O2S. The fourth-order valence-electron chi connectivity index (χ4n) is 2.22. The largest absolute Gasteiger partial charge is 0.324 e. The SMILES string of the molecule is CCN1CCC(NS(=O)(=O)c2ncn(C)c2Cl)CC1. The molecule has 0 atom stereocenters. The number of imidazole rings is 1. The van der Waals surface area contributed by atoms with Crippen LogP contribution in [0.15, 0.2) is 11.4 Å². The smallest absolute Gasteiger partial charge is 0.261 e. The van der Waals surface area contributed by atoms with Gasteiger partial charge in [-0.1, -0.05) is 18.5 Å². The van der Waals surface area contributed by atoms with Gasteiger partial charge in [-0.2, -0.15) is 0 Å². The van der Waals surface area contributed by atoms with Crippen molar-refractivity contribution in [3.8, 4) is 0 Å². The van der Waals surface area contributed by atoms with Gasteiger partial charge in [-0.15, -0.1) is 0 Å². The van der Waals surface area contributed by atoms with Gasteiger partial charge in [-0.05, 0) is 32.5 Å². The minimum Gasteiger partial charge on any atom is -0.324 e. The molecular weight excluding hydrogens is 288 g/mol. The fourth-order valence-corrected chi connectivity index (χ4v) is 3.95. The van der Waals surface area contributed by atoms with E-state index in [4.69, 9.17) is 11.6 Å². The summed E-state index contributed by atoms with van der Waals surface area (Å²) >= 11 is 5.93. The van der Waals surface area contributed by atoms with Crippen LogP contribution in [0.5, 0.6) is 0 Å². The summed E-state index contributed by atoms with van der Waals surface area (Å²) in [6.45, 7) is 4.95. The highest BCUT2D eigenvalue weighted by atomic mass is 35.5. The zero-order valence-corrected chi connectivity index (χ0v) is 12.7. The van der Waals surface area contributed by atoms with Gasteiger partial charge >= 0.3 is 0 Å². The minimum atomic E-state index is -3.63. The van der Waals surface area contributed by atoms with Crippen molar-refractivity contribution in [1.82, 2.24) is 19.2 Å². The van der Waals surface area contributed by atoms with Crippen LogP contribution in [0.25, 0.3) is 0 Å². The molecule has 0 aromatic carbocycles. The number of likely N-dealkylation sites (tertiary alicyclic amines) is 1. The average Bonchev–Trinajstić information content (AvgIpc) is 2.71. The maximum atomic E-state index is 12.2. The molecule has 8 heteroatoms. The lowest BCUT2D eigenvalue weighted by Crippen LogP contribution is -2.44. The molecule has 0 radical (unpaired) electrons. The molecule has 6 nitrogen and oxygen atoms in total. The molecule has 0 amide bonds. The number of hydrogen-bond acceptors (Lipinski definition) is 4. The van der Waals surface area contributed by atoms with Crippen molar-refractivity contribution in [1.29, 1.82) is 0 Å². The van der Waals surface area contributed by atoms with Crippen molar-refractivity contribution in [3.63, 3.8) is 0 Å². The Morgan fingerprint density at radius 2 is 2.11 bits per heavy atom. The highest BCUT2D eigenvalue weighted by Gasteiger charge is 2.27. The van der Waals surface area contributed by atoms with Crippen LogP contribution in [-0.2, 0) is 17.1 Å². The Bertz CT molecular complexity index is 535. The Morgan fingerprint density at radius 3 is 2.58 bits per heavy atom. The molecule has 1 aliphatic heterocycles. The van der Waals surface area contributed by atoms with Crippen LogP contribution in [0.2, 0.25) is 5.15 Å². The van der Waals surface area contributed by atoms with Crippen molar-refractivity contribution >= 4 is 21.6 Å². The van der Waals surface area contributed by atoms with Crippen molar-refractivity contribution in [2.24, 2.45) is 7.05 Å². The Kier molecular flexibility index (Phi) is 4.50. The normalized spacial score (nSPS) is 18.9. The predicted octanol–water partition coefficient (Wildman–Crippen LogP) is 0.836. The number of halogens is 1. The number of aryl methyl sites for hydroxylation is 1. The first-order valence-electron chi connectivity index (χ1n) is 6.35. The molecule has 2 rings (SSSR count). The third-order valence-electron chi connectivity index (χ3n) is 3.45. The van der Waals surface area contributed by atoms with Gasteiger partial charge in [0, 0.05) is 13.1 Å². The topological polar surface area (TPSA) is 67.2 Å². The van der Waals surface area contributed by atoms with Gasteiger partial charge in [0.05, 0.1) is 6.33 Å². The number of piperidine rings is 1. The van der Waals surface area contributed by atoms with Gasteiger partial charge in [0.2, 0.25) is 5.03 Å². The molecule has 0 unspecified atom stereocenters. The maximum absolute atomic E-state index is 12.2. The first-order valence-corrected chi connectivity index (χ1v) is 8.21. The Morgan fingerprint density at radius 1 is 1.47 bits per heavy atom. The van der Waals surface area contributed by atoms with E-state index in [1.165, 1.54) is 10.9 Å². The van der Waals surface area contributed by atoms with Crippen molar-refractivity contribution in [2.75, 3.05) is 19.6 Å². The summed E-state index contributed by atoms with van der Waals surface area (Å²) < 4.78 is 28.6. The quantitative estimate of drug-likeness (QED) is 0.895. The van der Waals surface area contributed by atoms with Gasteiger partial charge in [-0.3, -0.25) is 0 Å². The first kappa shape index (κ1) is 14.8. The fraction of sp³-hybridized carbons (Fsp3) is 0.727. The lowest BCUT2D eigenvalue weighted by molar-refractivity contribution is 0.217. The van der Waals surface area contributed by atoms with E-state index in [0.29, 0.717) is 0 Å². The van der Waals surface area contributed by atoms with E-state index in [9.17, 15) is 8.42 Å². The first-order chi connectivity index (χ1) is 8.94. The number of nitrogens with zero attached hydrogens (tertiary/aromatic N) is 3. The van der Waals surface area contributed by atoms with E-state index in [0.717, 1.165) is 32.5 Å². The van der Waals surface area contributed by atoms with Crippen LogP contribution in [0.4, 0.5) is 0 Å². The average molecular weight is 307 g/mol. The number of sulfonamides is 1. The molecule has 1 aromatic heterocycles. The van der Waals surface area contributed by atoms with E-state index < -0.39 is 10.0 Å². The lowest BCUT2D eigenvalue weighted by Gasteiger charge is -2.31. The van der Waals surface area contributed by atoms with Crippen molar-refractivity contribution in [2.45, 2.75) is 30.8 Å². The summed E-state index contributed by atoms with van der Waals surface area (Å²) in [6, 6.07) is -0.0362. The predicted molar refractivity (Wildman–Crippen MR) is 73.7 cm³/mol. The highest BCUT2D eigenvalue weighted by Crippen LogP contribution is 2.20. The van der Waals surface area contributed by atoms with E-state index >= 15 is 0 Å². The van der Waals surface area contributed by atoms with Crippen LogP contribution in [-0.4, -0.2) is 48.5 Å². The second-order valence-electron chi connectivity index (χ2n) is 4.78. The molecule has 2 heterocycles. The van der Waals surface area contributed by atoms with Crippen molar-refractivity contribution < 1.29 is 8.42 Å². The molecule has 0 saturated carbocycles. The summed E-state index contributed by atoms with van der Waals surface area (Å²) in [5.41, 5.74) is 0. The lowest BCUT2D eigenvalue weighted by atomic mass is 10.1. The second-order valence-corrected chi connectivity index (χ2v) is 6.77. The Hall–Kier alpha value is -0.630. The summed E-state index contributed by atoms with van der Waals surface area (Å²) in [5, 5.41) is 0.0491. The van der Waals surface area contributed by atoms with Gasteiger partial charge in [0.25, 0.3) is 10.0 Å². The summed E-state index contributed by atoms with van der Waals surface area (Å²) in [4.78, 5) is 6.16. The number of rotatable bonds is 4. The third-order valence-corrected chi connectivity index (χ3v) is 5.45. The summed E-state index contributed by atoms with van der Waals surface area (Å²) in [5.74, 6) is 0. The number of nitrogens with one attached hydrogen (secondary N) is 1. The molecule has 1 saturated heterocycles. The third kappa shape index (κ3) is 3.28.